The molecule has 0 radical (unpaired) electrons. The SMILES string of the molecule is Cc1cc(C)n(Cc2ccc(S(C)(=O)=O)cc2)c1. The standard InChI is InChI=1S/C14H17NO2S/c1-11-8-12(2)15(9-11)10-13-4-6-14(7-5-13)18(3,16)17/h4-9H,10H2,1-3H3. The largest absolute Gasteiger partial charge is 0.347 e. The predicted molar refractivity (Wildman–Crippen MR) is 72.6 cm³/mol. The molecular formula is C14H17NO2S. The van der Waals surface area contributed by atoms with Gasteiger partial charge in [-0.15, -0.1) is 0 Å². The average molecular weight is 263 g/mol. The molecule has 4 heteroatoms. The number of hydrogen-bond acceptors (Lipinski definition) is 2. The first kappa shape index (κ1) is 12.9. The van der Waals surface area contributed by atoms with Crippen molar-refractivity contribution in [2.24, 2.45) is 0 Å². The third kappa shape index (κ3) is 2.82. The lowest BCUT2D eigenvalue weighted by Crippen LogP contribution is -2.01. The Kier molecular flexibility index (Phi) is 3.30. The molecule has 0 fully saturated rings. The van der Waals surface area contributed by atoms with Gasteiger partial charge in [-0.05, 0) is 43.2 Å². The Balaban J connectivity index is 2.24. The summed E-state index contributed by atoms with van der Waals surface area (Å²) in [6.07, 6.45) is 3.32. The van der Waals surface area contributed by atoms with Crippen LogP contribution in [0.2, 0.25) is 0 Å². The number of benzene rings is 1. The van der Waals surface area contributed by atoms with Gasteiger partial charge in [-0.2, -0.15) is 0 Å². The molecule has 18 heavy (non-hydrogen) atoms. The molecule has 0 N–H and O–H groups in total. The summed E-state index contributed by atoms with van der Waals surface area (Å²) in [6.45, 7) is 4.90. The Bertz CT molecular complexity index is 652. The summed E-state index contributed by atoms with van der Waals surface area (Å²) in [5.41, 5.74) is 3.54. The number of aromatic nitrogens is 1. The smallest absolute Gasteiger partial charge is 0.175 e. The van der Waals surface area contributed by atoms with Gasteiger partial charge in [0.1, 0.15) is 0 Å². The predicted octanol–water partition coefficient (Wildman–Crippen LogP) is 2.56. The molecule has 3 nitrogen and oxygen atoms in total. The van der Waals surface area contributed by atoms with Crippen LogP contribution in [0.3, 0.4) is 0 Å². The van der Waals surface area contributed by atoms with Gasteiger partial charge in [0.05, 0.1) is 4.90 Å². The van der Waals surface area contributed by atoms with Crippen LogP contribution in [0.15, 0.2) is 41.4 Å². The van der Waals surface area contributed by atoms with Gasteiger partial charge in [-0.1, -0.05) is 12.1 Å². The van der Waals surface area contributed by atoms with Crippen LogP contribution in [0.1, 0.15) is 16.8 Å². The minimum Gasteiger partial charge on any atom is -0.347 e. The van der Waals surface area contributed by atoms with E-state index >= 15 is 0 Å². The molecule has 0 bridgehead atoms. The number of nitrogens with zero attached hydrogens (tertiary/aromatic N) is 1. The van der Waals surface area contributed by atoms with Gasteiger partial charge in [0.15, 0.2) is 9.84 Å². The molecular weight excluding hydrogens is 246 g/mol. The van der Waals surface area contributed by atoms with E-state index < -0.39 is 9.84 Å². The molecule has 2 rings (SSSR count). The second-order valence-electron chi connectivity index (χ2n) is 4.70. The molecule has 0 saturated carbocycles. The zero-order valence-electron chi connectivity index (χ0n) is 10.8. The monoisotopic (exact) mass is 263 g/mol. The van der Waals surface area contributed by atoms with E-state index in [1.165, 1.54) is 17.5 Å². The molecule has 2 aromatic rings. The van der Waals surface area contributed by atoms with E-state index in [2.05, 4.69) is 30.7 Å². The maximum Gasteiger partial charge on any atom is 0.175 e. The topological polar surface area (TPSA) is 39.1 Å². The van der Waals surface area contributed by atoms with Crippen molar-refractivity contribution in [3.63, 3.8) is 0 Å². The highest BCUT2D eigenvalue weighted by atomic mass is 32.2. The zero-order valence-corrected chi connectivity index (χ0v) is 11.7. The molecule has 1 aromatic carbocycles. The Morgan fingerprint density at radius 1 is 1.11 bits per heavy atom. The fourth-order valence-corrected chi connectivity index (χ4v) is 2.64. The minimum atomic E-state index is -3.10. The van der Waals surface area contributed by atoms with Crippen LogP contribution >= 0.6 is 0 Å². The van der Waals surface area contributed by atoms with Gasteiger partial charge >= 0.3 is 0 Å². The first-order chi connectivity index (χ1) is 8.36. The first-order valence-corrected chi connectivity index (χ1v) is 7.68. The van der Waals surface area contributed by atoms with Crippen molar-refractivity contribution >= 4 is 9.84 Å². The van der Waals surface area contributed by atoms with Gasteiger partial charge in [0.2, 0.25) is 0 Å². The Hall–Kier alpha value is -1.55. The van der Waals surface area contributed by atoms with Crippen LogP contribution in [0.5, 0.6) is 0 Å². The highest BCUT2D eigenvalue weighted by molar-refractivity contribution is 7.90. The van der Waals surface area contributed by atoms with Crippen LogP contribution in [0, 0.1) is 13.8 Å². The Morgan fingerprint density at radius 2 is 1.72 bits per heavy atom. The number of sulfone groups is 1. The van der Waals surface area contributed by atoms with Gasteiger partial charge in [0.25, 0.3) is 0 Å². The molecule has 0 aliphatic rings. The van der Waals surface area contributed by atoms with Crippen molar-refractivity contribution in [3.05, 3.63) is 53.3 Å². The maximum atomic E-state index is 11.4. The van der Waals surface area contributed by atoms with Gasteiger partial charge in [0, 0.05) is 24.7 Å². The number of aryl methyl sites for hydroxylation is 2. The molecule has 96 valence electrons. The molecule has 1 aromatic heterocycles. The Labute approximate surface area is 108 Å². The minimum absolute atomic E-state index is 0.367. The van der Waals surface area contributed by atoms with Gasteiger partial charge in [-0.25, -0.2) is 8.42 Å². The van der Waals surface area contributed by atoms with Gasteiger partial charge in [-0.3, -0.25) is 0 Å². The molecule has 1 heterocycles. The maximum absolute atomic E-state index is 11.4. The Morgan fingerprint density at radius 3 is 2.17 bits per heavy atom. The summed E-state index contributed by atoms with van der Waals surface area (Å²) >= 11 is 0. The van der Waals surface area contributed by atoms with Crippen LogP contribution in [0.4, 0.5) is 0 Å². The first-order valence-electron chi connectivity index (χ1n) is 5.78. The normalized spacial score (nSPS) is 11.7. The van der Waals surface area contributed by atoms with Crippen LogP contribution in [-0.4, -0.2) is 19.2 Å². The van der Waals surface area contributed by atoms with E-state index in [1.54, 1.807) is 12.1 Å². The van der Waals surface area contributed by atoms with E-state index in [-0.39, 0.29) is 0 Å². The van der Waals surface area contributed by atoms with E-state index in [1.807, 2.05) is 12.1 Å². The molecule has 0 aliphatic carbocycles. The second kappa shape index (κ2) is 4.61. The summed E-state index contributed by atoms with van der Waals surface area (Å²) in [6, 6.07) is 9.19. The van der Waals surface area contributed by atoms with Crippen molar-refractivity contribution in [1.82, 2.24) is 4.57 Å². The van der Waals surface area contributed by atoms with Crippen molar-refractivity contribution in [2.75, 3.05) is 6.26 Å². The van der Waals surface area contributed by atoms with Gasteiger partial charge < -0.3 is 4.57 Å². The highest BCUT2D eigenvalue weighted by Crippen LogP contribution is 2.13. The third-order valence-electron chi connectivity index (χ3n) is 2.95. The average Bonchev–Trinajstić information content (AvgIpc) is 2.57. The van der Waals surface area contributed by atoms with Crippen molar-refractivity contribution in [3.8, 4) is 0 Å². The number of hydrogen-bond donors (Lipinski definition) is 0. The zero-order chi connectivity index (χ0) is 13.3. The molecule has 0 aliphatic heterocycles. The third-order valence-corrected chi connectivity index (χ3v) is 4.08. The lowest BCUT2D eigenvalue weighted by atomic mass is 10.2. The number of rotatable bonds is 3. The summed E-state index contributed by atoms with van der Waals surface area (Å²) in [5.74, 6) is 0. The van der Waals surface area contributed by atoms with Crippen LogP contribution in [0.25, 0.3) is 0 Å². The molecule has 0 unspecified atom stereocenters. The molecule has 0 atom stereocenters. The molecule has 0 amide bonds. The van der Waals surface area contributed by atoms with E-state index in [9.17, 15) is 8.42 Å². The summed E-state index contributed by atoms with van der Waals surface area (Å²) in [4.78, 5) is 0.367. The van der Waals surface area contributed by atoms with Crippen molar-refractivity contribution < 1.29 is 8.42 Å². The summed E-state index contributed by atoms with van der Waals surface area (Å²) in [7, 11) is -3.10. The fraction of sp³-hybridized carbons (Fsp3) is 0.286. The second-order valence-corrected chi connectivity index (χ2v) is 6.72. The van der Waals surface area contributed by atoms with Crippen molar-refractivity contribution in [2.45, 2.75) is 25.3 Å². The quantitative estimate of drug-likeness (QED) is 0.853. The van der Waals surface area contributed by atoms with Crippen molar-refractivity contribution in [1.29, 1.82) is 0 Å². The van der Waals surface area contributed by atoms with E-state index in [0.29, 0.717) is 4.90 Å². The van der Waals surface area contributed by atoms with Crippen LogP contribution in [-0.2, 0) is 16.4 Å². The molecule has 0 saturated heterocycles. The summed E-state index contributed by atoms with van der Waals surface area (Å²) < 4.78 is 24.9. The fourth-order valence-electron chi connectivity index (χ4n) is 2.01. The highest BCUT2D eigenvalue weighted by Gasteiger charge is 2.06. The summed E-state index contributed by atoms with van der Waals surface area (Å²) in [5, 5.41) is 0. The van der Waals surface area contributed by atoms with Crippen LogP contribution < -0.4 is 0 Å². The van der Waals surface area contributed by atoms with E-state index in [4.69, 9.17) is 0 Å². The van der Waals surface area contributed by atoms with E-state index in [0.717, 1.165) is 12.1 Å². The lowest BCUT2D eigenvalue weighted by Gasteiger charge is -2.07. The molecule has 0 spiro atoms. The lowest BCUT2D eigenvalue weighted by molar-refractivity contribution is 0.602.